The summed E-state index contributed by atoms with van der Waals surface area (Å²) < 4.78 is 5.18. The Bertz CT molecular complexity index is 658. The Morgan fingerprint density at radius 1 is 1.19 bits per heavy atom. The SMILES string of the molecule is COc1cccc(N(C)CC(=O)c2cc(Cl)ccc2Cl)c1. The third-order valence-electron chi connectivity index (χ3n) is 3.10. The Morgan fingerprint density at radius 2 is 1.95 bits per heavy atom. The van der Waals surface area contributed by atoms with Crippen molar-refractivity contribution in [3.05, 3.63) is 58.1 Å². The summed E-state index contributed by atoms with van der Waals surface area (Å²) in [7, 11) is 3.45. The summed E-state index contributed by atoms with van der Waals surface area (Å²) in [5.74, 6) is 0.653. The average Bonchev–Trinajstić information content (AvgIpc) is 2.49. The summed E-state index contributed by atoms with van der Waals surface area (Å²) in [5, 5.41) is 0.898. The molecule has 0 radical (unpaired) electrons. The minimum atomic E-state index is -0.0900. The molecule has 2 aromatic rings. The van der Waals surface area contributed by atoms with Crippen molar-refractivity contribution in [2.75, 3.05) is 25.6 Å². The van der Waals surface area contributed by atoms with Crippen molar-refractivity contribution in [2.24, 2.45) is 0 Å². The second-order valence-corrected chi connectivity index (χ2v) is 5.45. The highest BCUT2D eigenvalue weighted by molar-refractivity contribution is 6.36. The number of methoxy groups -OCH3 is 1. The van der Waals surface area contributed by atoms with E-state index in [0.717, 1.165) is 11.4 Å². The molecule has 110 valence electrons. The van der Waals surface area contributed by atoms with Crippen LogP contribution in [0.1, 0.15) is 10.4 Å². The lowest BCUT2D eigenvalue weighted by Crippen LogP contribution is -2.25. The lowest BCUT2D eigenvalue weighted by Gasteiger charge is -2.19. The number of carbonyl (C=O) groups excluding carboxylic acids is 1. The molecule has 0 aliphatic carbocycles. The van der Waals surface area contributed by atoms with Crippen LogP contribution in [0.25, 0.3) is 0 Å². The van der Waals surface area contributed by atoms with Crippen LogP contribution in [0.4, 0.5) is 5.69 Å². The summed E-state index contributed by atoms with van der Waals surface area (Å²) in [6, 6.07) is 12.4. The third-order valence-corrected chi connectivity index (χ3v) is 3.67. The van der Waals surface area contributed by atoms with E-state index in [2.05, 4.69) is 0 Å². The molecule has 0 saturated carbocycles. The number of halogens is 2. The molecule has 0 fully saturated rings. The maximum absolute atomic E-state index is 12.3. The van der Waals surface area contributed by atoms with Crippen LogP contribution < -0.4 is 9.64 Å². The summed E-state index contributed by atoms with van der Waals surface area (Å²) in [6.45, 7) is 0.202. The highest BCUT2D eigenvalue weighted by atomic mass is 35.5. The fourth-order valence-corrected chi connectivity index (χ4v) is 2.35. The van der Waals surface area contributed by atoms with Gasteiger partial charge in [0.2, 0.25) is 0 Å². The molecular weight excluding hydrogens is 309 g/mol. The predicted molar refractivity (Wildman–Crippen MR) is 87.1 cm³/mol. The molecule has 0 heterocycles. The Morgan fingerprint density at radius 3 is 2.67 bits per heavy atom. The Balaban J connectivity index is 2.16. The Kier molecular flexibility index (Phi) is 5.10. The minimum Gasteiger partial charge on any atom is -0.497 e. The number of likely N-dealkylation sites (N-methyl/N-ethyl adjacent to an activating group) is 1. The van der Waals surface area contributed by atoms with E-state index in [0.29, 0.717) is 15.6 Å². The number of Topliss-reactive ketones (excluding diaryl/α,β-unsaturated/α-hetero) is 1. The van der Waals surface area contributed by atoms with Crippen molar-refractivity contribution in [1.82, 2.24) is 0 Å². The summed E-state index contributed by atoms with van der Waals surface area (Å²) in [5.41, 5.74) is 1.32. The van der Waals surface area contributed by atoms with E-state index in [1.807, 2.05) is 36.2 Å². The highest BCUT2D eigenvalue weighted by Gasteiger charge is 2.14. The molecule has 0 atom stereocenters. The molecule has 0 N–H and O–H groups in total. The molecule has 0 aromatic heterocycles. The van der Waals surface area contributed by atoms with E-state index in [1.165, 1.54) is 0 Å². The number of benzene rings is 2. The van der Waals surface area contributed by atoms with Crippen molar-refractivity contribution in [3.63, 3.8) is 0 Å². The molecule has 21 heavy (non-hydrogen) atoms. The van der Waals surface area contributed by atoms with Gasteiger partial charge in [-0.05, 0) is 30.3 Å². The first-order chi connectivity index (χ1) is 10.0. The first-order valence-corrected chi connectivity index (χ1v) is 7.10. The van der Waals surface area contributed by atoms with E-state index in [1.54, 1.807) is 25.3 Å². The quantitative estimate of drug-likeness (QED) is 0.767. The van der Waals surface area contributed by atoms with Gasteiger partial charge in [-0.2, -0.15) is 0 Å². The number of carbonyl (C=O) groups is 1. The fourth-order valence-electron chi connectivity index (χ4n) is 1.95. The molecule has 0 unspecified atom stereocenters. The van der Waals surface area contributed by atoms with Gasteiger partial charge in [-0.15, -0.1) is 0 Å². The number of rotatable bonds is 5. The molecule has 0 bridgehead atoms. The van der Waals surface area contributed by atoms with Gasteiger partial charge in [0.25, 0.3) is 0 Å². The minimum absolute atomic E-state index is 0.0900. The number of ether oxygens (including phenoxy) is 1. The maximum atomic E-state index is 12.3. The van der Waals surface area contributed by atoms with E-state index < -0.39 is 0 Å². The second-order valence-electron chi connectivity index (χ2n) is 4.60. The number of hydrogen-bond acceptors (Lipinski definition) is 3. The largest absolute Gasteiger partial charge is 0.497 e. The lowest BCUT2D eigenvalue weighted by molar-refractivity contribution is 0.100. The number of hydrogen-bond donors (Lipinski definition) is 0. The molecule has 3 nitrogen and oxygen atoms in total. The van der Waals surface area contributed by atoms with Gasteiger partial charge in [-0.1, -0.05) is 29.3 Å². The zero-order chi connectivity index (χ0) is 15.4. The van der Waals surface area contributed by atoms with E-state index in [-0.39, 0.29) is 12.3 Å². The zero-order valence-electron chi connectivity index (χ0n) is 11.8. The molecule has 5 heteroatoms. The molecule has 2 rings (SSSR count). The van der Waals surface area contributed by atoms with Gasteiger partial charge in [0.05, 0.1) is 18.7 Å². The van der Waals surface area contributed by atoms with Crippen molar-refractivity contribution in [2.45, 2.75) is 0 Å². The van der Waals surface area contributed by atoms with Gasteiger partial charge in [0, 0.05) is 29.4 Å². The van der Waals surface area contributed by atoms with Crippen molar-refractivity contribution >= 4 is 34.7 Å². The molecule has 0 aliphatic rings. The van der Waals surface area contributed by atoms with Crippen LogP contribution in [-0.4, -0.2) is 26.5 Å². The number of anilines is 1. The molecule has 2 aromatic carbocycles. The van der Waals surface area contributed by atoms with Crippen molar-refractivity contribution in [1.29, 1.82) is 0 Å². The Labute approximate surface area is 134 Å². The maximum Gasteiger partial charge on any atom is 0.183 e. The monoisotopic (exact) mass is 323 g/mol. The van der Waals surface area contributed by atoms with E-state index in [9.17, 15) is 4.79 Å². The van der Waals surface area contributed by atoms with Gasteiger partial charge in [0.15, 0.2) is 5.78 Å². The molecular formula is C16H15Cl2NO2. The van der Waals surface area contributed by atoms with Crippen LogP contribution in [0.2, 0.25) is 10.0 Å². The van der Waals surface area contributed by atoms with Gasteiger partial charge in [-0.25, -0.2) is 0 Å². The summed E-state index contributed by atoms with van der Waals surface area (Å²) in [4.78, 5) is 14.2. The van der Waals surface area contributed by atoms with Gasteiger partial charge in [-0.3, -0.25) is 4.79 Å². The third kappa shape index (κ3) is 3.90. The highest BCUT2D eigenvalue weighted by Crippen LogP contribution is 2.23. The normalized spacial score (nSPS) is 10.3. The van der Waals surface area contributed by atoms with Crippen LogP contribution in [0.5, 0.6) is 5.75 Å². The van der Waals surface area contributed by atoms with Gasteiger partial charge >= 0.3 is 0 Å². The number of ketones is 1. The molecule has 0 aliphatic heterocycles. The molecule has 0 amide bonds. The van der Waals surface area contributed by atoms with E-state index in [4.69, 9.17) is 27.9 Å². The van der Waals surface area contributed by atoms with Crippen LogP contribution in [0.3, 0.4) is 0 Å². The fraction of sp³-hybridized carbons (Fsp3) is 0.188. The van der Waals surface area contributed by atoms with Gasteiger partial charge in [0.1, 0.15) is 5.75 Å². The second kappa shape index (κ2) is 6.83. The van der Waals surface area contributed by atoms with Crippen LogP contribution in [-0.2, 0) is 0 Å². The first-order valence-electron chi connectivity index (χ1n) is 6.34. The first kappa shape index (κ1) is 15.7. The smallest absolute Gasteiger partial charge is 0.183 e. The topological polar surface area (TPSA) is 29.5 Å². The van der Waals surface area contributed by atoms with Crippen molar-refractivity contribution in [3.8, 4) is 5.75 Å². The molecule has 0 spiro atoms. The van der Waals surface area contributed by atoms with Crippen LogP contribution >= 0.6 is 23.2 Å². The number of nitrogens with zero attached hydrogens (tertiary/aromatic N) is 1. The van der Waals surface area contributed by atoms with Crippen LogP contribution in [0.15, 0.2) is 42.5 Å². The summed E-state index contributed by atoms with van der Waals surface area (Å²) >= 11 is 12.0. The van der Waals surface area contributed by atoms with Gasteiger partial charge < -0.3 is 9.64 Å². The Hall–Kier alpha value is -1.71. The summed E-state index contributed by atoms with van der Waals surface area (Å²) in [6.07, 6.45) is 0. The standard InChI is InChI=1S/C16H15Cl2NO2/c1-19(12-4-3-5-13(9-12)21-2)10-16(20)14-8-11(17)6-7-15(14)18/h3-9H,10H2,1-2H3. The molecule has 0 saturated heterocycles. The zero-order valence-corrected chi connectivity index (χ0v) is 13.3. The average molecular weight is 324 g/mol. The van der Waals surface area contributed by atoms with Crippen LogP contribution in [0, 0.1) is 0 Å². The van der Waals surface area contributed by atoms with E-state index >= 15 is 0 Å². The van der Waals surface area contributed by atoms with Crippen molar-refractivity contribution < 1.29 is 9.53 Å². The predicted octanol–water partition coefficient (Wildman–Crippen LogP) is 4.32. The lowest BCUT2D eigenvalue weighted by atomic mass is 10.1.